The highest BCUT2D eigenvalue weighted by molar-refractivity contribution is 7.89. The van der Waals surface area contributed by atoms with Crippen LogP contribution in [-0.4, -0.2) is 23.8 Å². The number of nitrogens with zero attached hydrogens (tertiary/aromatic N) is 2. The predicted octanol–water partition coefficient (Wildman–Crippen LogP) is 4.44. The van der Waals surface area contributed by atoms with Crippen LogP contribution in [0.5, 0.6) is 0 Å². The number of fused-ring (bicyclic) bond motifs is 2. The van der Waals surface area contributed by atoms with Gasteiger partial charge in [0.1, 0.15) is 0 Å². The van der Waals surface area contributed by atoms with Gasteiger partial charge in [0.15, 0.2) is 0 Å². The molecule has 1 atom stereocenters. The molecule has 4 aromatic rings. The zero-order valence-electron chi connectivity index (χ0n) is 15.3. The first kappa shape index (κ1) is 17.2. The Balaban J connectivity index is 1.65. The zero-order valence-corrected chi connectivity index (χ0v) is 16.1. The molecule has 5 rings (SSSR count). The van der Waals surface area contributed by atoms with E-state index in [1.807, 2.05) is 79.0 Å². The summed E-state index contributed by atoms with van der Waals surface area (Å²) in [5, 5.41) is 1.97. The molecule has 0 amide bonds. The number of hydrogen-bond donors (Lipinski definition) is 0. The summed E-state index contributed by atoms with van der Waals surface area (Å²) in [5.74, 6) is 0. The second-order valence-corrected chi connectivity index (χ2v) is 8.95. The van der Waals surface area contributed by atoms with Crippen LogP contribution in [0, 0.1) is 0 Å². The van der Waals surface area contributed by atoms with Crippen molar-refractivity contribution in [2.75, 3.05) is 6.54 Å². The van der Waals surface area contributed by atoms with Crippen molar-refractivity contribution >= 4 is 20.8 Å². The normalized spacial score (nSPS) is 17.5. The molecule has 0 fully saturated rings. The number of benzene rings is 3. The monoisotopic (exact) mass is 388 g/mol. The van der Waals surface area contributed by atoms with Crippen LogP contribution in [0.15, 0.2) is 96.0 Å². The van der Waals surface area contributed by atoms with Gasteiger partial charge < -0.3 is 4.57 Å². The molecule has 3 aromatic carbocycles. The fraction of sp³-hybridized carbons (Fsp3) is 0.130. The Hall–Kier alpha value is -2.89. The molecule has 5 heteroatoms. The third-order valence-electron chi connectivity index (χ3n) is 5.44. The maximum Gasteiger partial charge on any atom is 0.244 e. The molecule has 0 unspecified atom stereocenters. The average molecular weight is 388 g/mol. The number of sulfonamides is 1. The van der Waals surface area contributed by atoms with Gasteiger partial charge in [-0.05, 0) is 40.6 Å². The molecule has 28 heavy (non-hydrogen) atoms. The quantitative estimate of drug-likeness (QED) is 0.521. The first-order valence-electron chi connectivity index (χ1n) is 9.35. The van der Waals surface area contributed by atoms with Gasteiger partial charge in [0.25, 0.3) is 0 Å². The van der Waals surface area contributed by atoms with Crippen molar-refractivity contribution in [1.29, 1.82) is 0 Å². The van der Waals surface area contributed by atoms with E-state index in [0.29, 0.717) is 18.0 Å². The highest BCUT2D eigenvalue weighted by Gasteiger charge is 2.37. The van der Waals surface area contributed by atoms with E-state index >= 15 is 0 Å². The van der Waals surface area contributed by atoms with Crippen molar-refractivity contribution in [3.8, 4) is 0 Å². The molecule has 1 aliphatic heterocycles. The molecular formula is C23H20N2O2S. The second-order valence-electron chi connectivity index (χ2n) is 7.06. The summed E-state index contributed by atoms with van der Waals surface area (Å²) < 4.78 is 31.1. The summed E-state index contributed by atoms with van der Waals surface area (Å²) in [6.07, 6.45) is 2.02. The van der Waals surface area contributed by atoms with E-state index in [1.165, 1.54) is 0 Å². The maximum absolute atomic E-state index is 13.7. The lowest BCUT2D eigenvalue weighted by molar-refractivity contribution is 0.298. The molecule has 0 saturated heterocycles. The van der Waals surface area contributed by atoms with Crippen molar-refractivity contribution in [2.45, 2.75) is 17.5 Å². The maximum atomic E-state index is 13.7. The summed E-state index contributed by atoms with van der Waals surface area (Å²) in [6, 6.07) is 26.7. The van der Waals surface area contributed by atoms with E-state index in [9.17, 15) is 8.42 Å². The van der Waals surface area contributed by atoms with Gasteiger partial charge >= 0.3 is 0 Å². The first-order valence-corrected chi connectivity index (χ1v) is 10.8. The van der Waals surface area contributed by atoms with Crippen LogP contribution >= 0.6 is 0 Å². The van der Waals surface area contributed by atoms with Gasteiger partial charge in [-0.25, -0.2) is 8.42 Å². The Morgan fingerprint density at radius 1 is 0.750 bits per heavy atom. The SMILES string of the molecule is O=S(=O)(c1ccc2ccccc2c1)N1CCn2cccc2[C@H]1c1ccccc1. The van der Waals surface area contributed by atoms with Gasteiger partial charge in [-0.15, -0.1) is 0 Å². The number of hydrogen-bond acceptors (Lipinski definition) is 2. The van der Waals surface area contributed by atoms with Crippen LogP contribution < -0.4 is 0 Å². The van der Waals surface area contributed by atoms with E-state index < -0.39 is 10.0 Å². The van der Waals surface area contributed by atoms with Crippen molar-refractivity contribution < 1.29 is 8.42 Å². The van der Waals surface area contributed by atoms with Gasteiger partial charge in [0.05, 0.1) is 10.9 Å². The largest absolute Gasteiger partial charge is 0.348 e. The number of aromatic nitrogens is 1. The molecule has 0 spiro atoms. The summed E-state index contributed by atoms with van der Waals surface area (Å²) in [5.41, 5.74) is 1.98. The minimum absolute atomic E-state index is 0.332. The van der Waals surface area contributed by atoms with Crippen LogP contribution in [-0.2, 0) is 16.6 Å². The van der Waals surface area contributed by atoms with Crippen LogP contribution in [0.3, 0.4) is 0 Å². The molecule has 1 aromatic heterocycles. The Morgan fingerprint density at radius 2 is 1.50 bits per heavy atom. The fourth-order valence-corrected chi connectivity index (χ4v) is 5.67. The molecule has 0 saturated carbocycles. The molecule has 0 N–H and O–H groups in total. The summed E-state index contributed by atoms with van der Waals surface area (Å²) in [4.78, 5) is 0.340. The smallest absolute Gasteiger partial charge is 0.244 e. The fourth-order valence-electron chi connectivity index (χ4n) is 4.06. The third-order valence-corrected chi connectivity index (χ3v) is 7.30. The lowest BCUT2D eigenvalue weighted by Crippen LogP contribution is -2.42. The minimum atomic E-state index is -3.65. The highest BCUT2D eigenvalue weighted by Crippen LogP contribution is 2.36. The first-order chi connectivity index (χ1) is 13.6. The molecular weight excluding hydrogens is 368 g/mol. The lowest BCUT2D eigenvalue weighted by atomic mass is 10.0. The van der Waals surface area contributed by atoms with E-state index in [0.717, 1.165) is 22.0 Å². The van der Waals surface area contributed by atoms with Gasteiger partial charge in [0.2, 0.25) is 10.0 Å². The van der Waals surface area contributed by atoms with Crippen LogP contribution in [0.2, 0.25) is 0 Å². The molecule has 4 nitrogen and oxygen atoms in total. The predicted molar refractivity (Wildman–Crippen MR) is 111 cm³/mol. The molecule has 0 radical (unpaired) electrons. The standard InChI is InChI=1S/C23H20N2O2S/c26-28(27,21-13-12-18-7-4-5-10-20(18)17-21)25-16-15-24-14-6-11-22(24)23(25)19-8-2-1-3-9-19/h1-14,17,23H,15-16H2/t23-/m1/s1. The van der Waals surface area contributed by atoms with Crippen LogP contribution in [0.25, 0.3) is 10.8 Å². The Bertz CT molecular complexity index is 1250. The topological polar surface area (TPSA) is 42.3 Å². The van der Waals surface area contributed by atoms with Gasteiger partial charge in [-0.3, -0.25) is 0 Å². The molecule has 2 heterocycles. The van der Waals surface area contributed by atoms with Gasteiger partial charge in [0, 0.05) is 25.0 Å². The summed E-state index contributed by atoms with van der Waals surface area (Å²) in [7, 11) is -3.65. The molecule has 140 valence electrons. The van der Waals surface area contributed by atoms with Gasteiger partial charge in [-0.2, -0.15) is 4.31 Å². The van der Waals surface area contributed by atoms with Gasteiger partial charge in [-0.1, -0.05) is 60.7 Å². The zero-order chi connectivity index (χ0) is 19.1. The Kier molecular flexibility index (Phi) is 4.07. The van der Waals surface area contributed by atoms with Crippen molar-refractivity contribution in [1.82, 2.24) is 8.87 Å². The Labute approximate surface area is 164 Å². The van der Waals surface area contributed by atoms with E-state index in [4.69, 9.17) is 0 Å². The lowest BCUT2D eigenvalue weighted by Gasteiger charge is -2.36. The molecule has 0 aliphatic carbocycles. The van der Waals surface area contributed by atoms with Crippen molar-refractivity contribution in [2.24, 2.45) is 0 Å². The third kappa shape index (κ3) is 2.75. The summed E-state index contributed by atoms with van der Waals surface area (Å²) >= 11 is 0. The molecule has 1 aliphatic rings. The van der Waals surface area contributed by atoms with Crippen molar-refractivity contribution in [3.63, 3.8) is 0 Å². The minimum Gasteiger partial charge on any atom is -0.348 e. The van der Waals surface area contributed by atoms with E-state index in [-0.39, 0.29) is 6.04 Å². The van der Waals surface area contributed by atoms with E-state index in [2.05, 4.69) is 4.57 Å². The Morgan fingerprint density at radius 3 is 2.32 bits per heavy atom. The van der Waals surface area contributed by atoms with Crippen LogP contribution in [0.1, 0.15) is 17.3 Å². The number of rotatable bonds is 3. The second kappa shape index (κ2) is 6.62. The average Bonchev–Trinajstić information content (AvgIpc) is 3.22. The van der Waals surface area contributed by atoms with Crippen molar-refractivity contribution in [3.05, 3.63) is 102 Å². The van der Waals surface area contributed by atoms with Crippen LogP contribution in [0.4, 0.5) is 0 Å². The highest BCUT2D eigenvalue weighted by atomic mass is 32.2. The molecule has 0 bridgehead atoms. The van der Waals surface area contributed by atoms with E-state index in [1.54, 1.807) is 16.4 Å². The summed E-state index contributed by atoms with van der Waals surface area (Å²) in [6.45, 7) is 1.09.